The molecule has 1 aliphatic heterocycles. The summed E-state index contributed by atoms with van der Waals surface area (Å²) in [6.45, 7) is 2.96. The lowest BCUT2D eigenvalue weighted by atomic mass is 10.1. The topological polar surface area (TPSA) is 28.2 Å². The number of aromatic nitrogens is 1. The van der Waals surface area contributed by atoms with E-state index < -0.39 is 11.1 Å². The van der Waals surface area contributed by atoms with Crippen LogP contribution in [0.2, 0.25) is 0 Å². The van der Waals surface area contributed by atoms with Crippen molar-refractivity contribution < 1.29 is 13.2 Å². The lowest BCUT2D eigenvalue weighted by molar-refractivity contribution is -0.134. The standard InChI is InChI=1S/C15H16F3N3S/c16-15(17,18)14-4-3-12(22-14)10-21-7-6-20-9-13(21)11-2-1-5-19-8-11/h1-5,8,13,20H,6-7,9-10H2. The number of halogens is 3. The summed E-state index contributed by atoms with van der Waals surface area (Å²) < 4.78 is 38.1. The van der Waals surface area contributed by atoms with Gasteiger partial charge in [0, 0.05) is 49.5 Å². The molecule has 1 atom stereocenters. The van der Waals surface area contributed by atoms with Crippen LogP contribution < -0.4 is 5.32 Å². The van der Waals surface area contributed by atoms with E-state index in [-0.39, 0.29) is 6.04 Å². The SMILES string of the molecule is FC(F)(F)c1ccc(CN2CCNCC2c2cccnc2)s1. The van der Waals surface area contributed by atoms with Crippen molar-refractivity contribution in [1.82, 2.24) is 15.2 Å². The van der Waals surface area contributed by atoms with Crippen molar-refractivity contribution in [2.24, 2.45) is 0 Å². The monoisotopic (exact) mass is 327 g/mol. The lowest BCUT2D eigenvalue weighted by Gasteiger charge is -2.36. The van der Waals surface area contributed by atoms with Crippen molar-refractivity contribution in [1.29, 1.82) is 0 Å². The minimum atomic E-state index is -4.25. The van der Waals surface area contributed by atoms with Gasteiger partial charge in [0.1, 0.15) is 4.88 Å². The zero-order valence-corrected chi connectivity index (χ0v) is 12.6. The second-order valence-electron chi connectivity index (χ2n) is 5.24. The molecule has 1 N–H and O–H groups in total. The van der Waals surface area contributed by atoms with Gasteiger partial charge in [0.15, 0.2) is 0 Å². The van der Waals surface area contributed by atoms with Crippen LogP contribution >= 0.6 is 11.3 Å². The Hall–Kier alpha value is -1.44. The molecule has 118 valence electrons. The zero-order chi connectivity index (χ0) is 15.6. The first-order chi connectivity index (χ1) is 10.5. The Labute approximate surface area is 130 Å². The van der Waals surface area contributed by atoms with Crippen molar-refractivity contribution >= 4 is 11.3 Å². The Bertz CT molecular complexity index is 612. The van der Waals surface area contributed by atoms with Crippen molar-refractivity contribution in [3.63, 3.8) is 0 Å². The average Bonchev–Trinajstić information content (AvgIpc) is 2.97. The van der Waals surface area contributed by atoms with E-state index in [1.165, 1.54) is 6.07 Å². The van der Waals surface area contributed by atoms with E-state index in [2.05, 4.69) is 15.2 Å². The highest BCUT2D eigenvalue weighted by Crippen LogP contribution is 2.35. The number of thiophene rings is 1. The molecule has 7 heteroatoms. The maximum Gasteiger partial charge on any atom is 0.425 e. The first-order valence-corrected chi connectivity index (χ1v) is 7.86. The molecule has 2 aromatic heterocycles. The maximum atomic E-state index is 12.7. The van der Waals surface area contributed by atoms with Crippen molar-refractivity contribution in [2.75, 3.05) is 19.6 Å². The molecule has 3 nitrogen and oxygen atoms in total. The van der Waals surface area contributed by atoms with Crippen LogP contribution in [0.1, 0.15) is 21.4 Å². The van der Waals surface area contributed by atoms with Gasteiger partial charge < -0.3 is 5.32 Å². The molecule has 1 saturated heterocycles. The Balaban J connectivity index is 1.76. The summed E-state index contributed by atoms with van der Waals surface area (Å²) in [5, 5.41) is 3.33. The van der Waals surface area contributed by atoms with Crippen LogP contribution in [0.25, 0.3) is 0 Å². The van der Waals surface area contributed by atoms with Gasteiger partial charge in [-0.2, -0.15) is 13.2 Å². The summed E-state index contributed by atoms with van der Waals surface area (Å²) >= 11 is 0.828. The van der Waals surface area contributed by atoms with Gasteiger partial charge in [-0.25, -0.2) is 0 Å². The highest BCUT2D eigenvalue weighted by molar-refractivity contribution is 7.12. The van der Waals surface area contributed by atoms with E-state index in [1.54, 1.807) is 12.3 Å². The van der Waals surface area contributed by atoms with Gasteiger partial charge in [-0.1, -0.05) is 6.07 Å². The molecule has 0 aliphatic carbocycles. The predicted octanol–water partition coefficient (Wildman–Crippen LogP) is 3.31. The summed E-state index contributed by atoms with van der Waals surface area (Å²) in [5.41, 5.74) is 1.09. The van der Waals surface area contributed by atoms with Crippen LogP contribution in [0.4, 0.5) is 13.2 Å². The summed E-state index contributed by atoms with van der Waals surface area (Å²) in [6.07, 6.45) is -0.714. The predicted molar refractivity (Wildman–Crippen MR) is 79.6 cm³/mol. The normalized spacial score (nSPS) is 20.2. The highest BCUT2D eigenvalue weighted by Gasteiger charge is 2.33. The van der Waals surface area contributed by atoms with Gasteiger partial charge in [0.2, 0.25) is 0 Å². The molecule has 3 heterocycles. The molecule has 0 bridgehead atoms. The quantitative estimate of drug-likeness (QED) is 0.937. The number of alkyl halides is 3. The first kappa shape index (κ1) is 15.5. The van der Waals surface area contributed by atoms with Gasteiger partial charge in [-0.05, 0) is 23.8 Å². The van der Waals surface area contributed by atoms with Crippen molar-refractivity contribution in [3.05, 3.63) is 52.0 Å². The number of piperazine rings is 1. The summed E-state index contributed by atoms with van der Waals surface area (Å²) in [7, 11) is 0. The maximum absolute atomic E-state index is 12.7. The van der Waals surface area contributed by atoms with Gasteiger partial charge in [0.25, 0.3) is 0 Å². The van der Waals surface area contributed by atoms with E-state index in [1.807, 2.05) is 18.3 Å². The third-order valence-corrected chi connectivity index (χ3v) is 4.84. The number of nitrogens with one attached hydrogen (secondary N) is 1. The minimum Gasteiger partial charge on any atom is -0.314 e. The van der Waals surface area contributed by atoms with Crippen LogP contribution in [0.5, 0.6) is 0 Å². The fourth-order valence-electron chi connectivity index (χ4n) is 2.65. The number of nitrogens with zero attached hydrogens (tertiary/aromatic N) is 2. The third kappa shape index (κ3) is 3.48. The molecular weight excluding hydrogens is 311 g/mol. The van der Waals surface area contributed by atoms with Crippen molar-refractivity contribution in [2.45, 2.75) is 18.8 Å². The van der Waals surface area contributed by atoms with Gasteiger partial charge in [-0.3, -0.25) is 9.88 Å². The van der Waals surface area contributed by atoms with E-state index in [0.29, 0.717) is 6.54 Å². The van der Waals surface area contributed by atoms with Gasteiger partial charge >= 0.3 is 6.18 Å². The molecule has 1 aliphatic rings. The third-order valence-electron chi connectivity index (χ3n) is 3.72. The summed E-state index contributed by atoms with van der Waals surface area (Å²) in [4.78, 5) is 6.55. The van der Waals surface area contributed by atoms with Crippen LogP contribution in [-0.4, -0.2) is 29.5 Å². The Morgan fingerprint density at radius 1 is 1.32 bits per heavy atom. The highest BCUT2D eigenvalue weighted by atomic mass is 32.1. The molecule has 0 saturated carbocycles. The molecule has 0 aromatic carbocycles. The van der Waals surface area contributed by atoms with Crippen LogP contribution in [0, 0.1) is 0 Å². The number of pyridine rings is 1. The minimum absolute atomic E-state index is 0.138. The Morgan fingerprint density at radius 2 is 2.18 bits per heavy atom. The Kier molecular flexibility index (Phi) is 4.46. The second kappa shape index (κ2) is 6.36. The molecule has 0 spiro atoms. The smallest absolute Gasteiger partial charge is 0.314 e. The van der Waals surface area contributed by atoms with E-state index in [0.717, 1.165) is 41.4 Å². The molecule has 2 aromatic rings. The van der Waals surface area contributed by atoms with Crippen molar-refractivity contribution in [3.8, 4) is 0 Å². The molecule has 0 amide bonds. The van der Waals surface area contributed by atoms with Crippen LogP contribution in [0.15, 0.2) is 36.7 Å². The van der Waals surface area contributed by atoms with E-state index in [4.69, 9.17) is 0 Å². The van der Waals surface area contributed by atoms with E-state index in [9.17, 15) is 13.2 Å². The average molecular weight is 327 g/mol. The summed E-state index contributed by atoms with van der Waals surface area (Å²) in [5.74, 6) is 0. The van der Waals surface area contributed by atoms with E-state index >= 15 is 0 Å². The van der Waals surface area contributed by atoms with Crippen LogP contribution in [0.3, 0.4) is 0 Å². The lowest BCUT2D eigenvalue weighted by Crippen LogP contribution is -2.45. The fraction of sp³-hybridized carbons (Fsp3) is 0.400. The molecular formula is C15H16F3N3S. The number of rotatable bonds is 3. The molecule has 0 radical (unpaired) electrons. The van der Waals surface area contributed by atoms with Gasteiger partial charge in [0.05, 0.1) is 0 Å². The van der Waals surface area contributed by atoms with Gasteiger partial charge in [-0.15, -0.1) is 11.3 Å². The molecule has 22 heavy (non-hydrogen) atoms. The number of hydrogen-bond donors (Lipinski definition) is 1. The largest absolute Gasteiger partial charge is 0.425 e. The first-order valence-electron chi connectivity index (χ1n) is 7.04. The Morgan fingerprint density at radius 3 is 2.86 bits per heavy atom. The van der Waals surface area contributed by atoms with Crippen LogP contribution in [-0.2, 0) is 12.7 Å². The summed E-state index contributed by atoms with van der Waals surface area (Å²) in [6, 6.07) is 6.78. The zero-order valence-electron chi connectivity index (χ0n) is 11.8. The molecule has 1 unspecified atom stereocenters. The molecule has 3 rings (SSSR count). The number of hydrogen-bond acceptors (Lipinski definition) is 4. The second-order valence-corrected chi connectivity index (χ2v) is 6.41. The fourth-order valence-corrected chi connectivity index (χ4v) is 3.55. The molecule has 1 fully saturated rings.